The lowest BCUT2D eigenvalue weighted by Gasteiger charge is -2.22. The third kappa shape index (κ3) is 4.42. The van der Waals surface area contributed by atoms with Gasteiger partial charge in [-0.2, -0.15) is 0 Å². The molecular weight excluding hydrogens is 358 g/mol. The number of sulfonamides is 1. The number of aryl methyl sites for hydroxylation is 1. The van der Waals surface area contributed by atoms with Crippen LogP contribution in [0.5, 0.6) is 0 Å². The van der Waals surface area contributed by atoms with E-state index in [1.54, 1.807) is 25.1 Å². The fourth-order valence-electron chi connectivity index (χ4n) is 3.25. The summed E-state index contributed by atoms with van der Waals surface area (Å²) in [7, 11) is -3.68. The molecule has 2 atom stereocenters. The fourth-order valence-corrected chi connectivity index (χ4v) is 5.38. The van der Waals surface area contributed by atoms with Gasteiger partial charge in [0.25, 0.3) is 0 Å². The number of halogens is 1. The van der Waals surface area contributed by atoms with Gasteiger partial charge in [-0.25, -0.2) is 13.1 Å². The van der Waals surface area contributed by atoms with Gasteiger partial charge in [0, 0.05) is 6.04 Å². The van der Waals surface area contributed by atoms with Crippen LogP contribution in [0.15, 0.2) is 53.4 Å². The van der Waals surface area contributed by atoms with E-state index in [2.05, 4.69) is 4.72 Å². The van der Waals surface area contributed by atoms with E-state index in [1.165, 1.54) is 0 Å². The summed E-state index contributed by atoms with van der Waals surface area (Å²) >= 11 is 6.13. The molecule has 0 aliphatic heterocycles. The summed E-state index contributed by atoms with van der Waals surface area (Å²) in [5.41, 5.74) is 1.72. The third-order valence-corrected chi connectivity index (χ3v) is 6.62. The van der Waals surface area contributed by atoms with Crippen molar-refractivity contribution in [1.82, 2.24) is 4.72 Å². The number of hydrogen-bond acceptors (Lipinski definition) is 3. The highest BCUT2D eigenvalue weighted by molar-refractivity contribution is 7.89. The maximum Gasteiger partial charge on any atom is 0.242 e. The molecule has 0 spiro atoms. The lowest BCUT2D eigenvalue weighted by Crippen LogP contribution is -2.41. The predicted octanol–water partition coefficient (Wildman–Crippen LogP) is 4.06. The Morgan fingerprint density at radius 1 is 1.12 bits per heavy atom. The van der Waals surface area contributed by atoms with Crippen molar-refractivity contribution in [2.24, 2.45) is 0 Å². The van der Waals surface area contributed by atoms with Gasteiger partial charge in [-0.3, -0.25) is 0 Å². The molecule has 1 N–H and O–H groups in total. The van der Waals surface area contributed by atoms with E-state index in [9.17, 15) is 8.42 Å². The van der Waals surface area contributed by atoms with Crippen molar-refractivity contribution in [3.63, 3.8) is 0 Å². The largest absolute Gasteiger partial charge is 0.372 e. The van der Waals surface area contributed by atoms with Gasteiger partial charge in [-0.1, -0.05) is 54.1 Å². The molecule has 1 aliphatic rings. The zero-order chi connectivity index (χ0) is 17.9. The topological polar surface area (TPSA) is 55.4 Å². The first-order chi connectivity index (χ1) is 12.0. The molecular formula is C19H22ClNO3S. The molecule has 1 saturated carbocycles. The van der Waals surface area contributed by atoms with Crippen molar-refractivity contribution in [2.75, 3.05) is 0 Å². The quantitative estimate of drug-likeness (QED) is 0.823. The standard InChI is InChI=1S/C19H22ClNO3S/c1-14-7-5-10-16(20)19(14)25(22,23)21-17-11-6-12-18(17)24-13-15-8-3-2-4-9-15/h2-5,7-10,17-18,21H,6,11-13H2,1H3. The van der Waals surface area contributed by atoms with E-state index in [0.29, 0.717) is 12.2 Å². The second-order valence-electron chi connectivity index (χ2n) is 6.38. The molecule has 0 heterocycles. The third-order valence-electron chi connectivity index (χ3n) is 4.50. The highest BCUT2D eigenvalue weighted by Gasteiger charge is 2.33. The number of nitrogens with one attached hydrogen (secondary N) is 1. The maximum absolute atomic E-state index is 12.8. The minimum atomic E-state index is -3.68. The number of hydrogen-bond donors (Lipinski definition) is 1. The summed E-state index contributed by atoms with van der Waals surface area (Å²) < 4.78 is 34.4. The van der Waals surface area contributed by atoms with Crippen molar-refractivity contribution < 1.29 is 13.2 Å². The Hall–Kier alpha value is -1.40. The smallest absolute Gasteiger partial charge is 0.242 e. The monoisotopic (exact) mass is 379 g/mol. The average Bonchev–Trinajstić information content (AvgIpc) is 3.00. The summed E-state index contributed by atoms with van der Waals surface area (Å²) in [4.78, 5) is 0.158. The Labute approximate surface area is 154 Å². The molecule has 2 aromatic carbocycles. The van der Waals surface area contributed by atoms with E-state index < -0.39 is 10.0 Å². The first kappa shape index (κ1) is 18.4. The lowest BCUT2D eigenvalue weighted by molar-refractivity contribution is 0.0325. The van der Waals surface area contributed by atoms with Crippen molar-refractivity contribution in [3.05, 3.63) is 64.7 Å². The van der Waals surface area contributed by atoms with Crippen molar-refractivity contribution in [1.29, 1.82) is 0 Å². The van der Waals surface area contributed by atoms with E-state index in [1.807, 2.05) is 30.3 Å². The van der Waals surface area contributed by atoms with Crippen LogP contribution in [0, 0.1) is 6.92 Å². The fraction of sp³-hybridized carbons (Fsp3) is 0.368. The summed E-state index contributed by atoms with van der Waals surface area (Å²) in [6.45, 7) is 2.23. The van der Waals surface area contributed by atoms with Crippen LogP contribution >= 0.6 is 11.6 Å². The highest BCUT2D eigenvalue weighted by atomic mass is 35.5. The second kappa shape index (κ2) is 7.87. The van der Waals surface area contributed by atoms with E-state index in [4.69, 9.17) is 16.3 Å². The van der Waals surface area contributed by atoms with Gasteiger partial charge in [-0.15, -0.1) is 0 Å². The summed E-state index contributed by atoms with van der Waals surface area (Å²) in [6, 6.07) is 14.8. The number of ether oxygens (including phenoxy) is 1. The average molecular weight is 380 g/mol. The minimum absolute atomic E-state index is 0.127. The molecule has 2 aromatic rings. The van der Waals surface area contributed by atoms with Crippen LogP contribution in [0.1, 0.15) is 30.4 Å². The minimum Gasteiger partial charge on any atom is -0.372 e. The predicted molar refractivity (Wildman–Crippen MR) is 99.2 cm³/mol. The van der Waals surface area contributed by atoms with Crippen molar-refractivity contribution in [3.8, 4) is 0 Å². The molecule has 1 aliphatic carbocycles. The molecule has 0 aromatic heterocycles. The Morgan fingerprint density at radius 3 is 2.60 bits per heavy atom. The maximum atomic E-state index is 12.8. The van der Waals surface area contributed by atoms with Gasteiger partial charge in [0.1, 0.15) is 4.90 Å². The van der Waals surface area contributed by atoms with Crippen LogP contribution in [0.3, 0.4) is 0 Å². The molecule has 25 heavy (non-hydrogen) atoms. The summed E-state index contributed by atoms with van der Waals surface area (Å²) in [5.74, 6) is 0. The van der Waals surface area contributed by atoms with Crippen LogP contribution in [-0.2, 0) is 21.4 Å². The first-order valence-corrected chi connectivity index (χ1v) is 10.3. The Kier molecular flexibility index (Phi) is 5.79. The van der Waals surface area contributed by atoms with Gasteiger partial charge in [-0.05, 0) is 43.4 Å². The van der Waals surface area contributed by atoms with E-state index in [0.717, 1.165) is 24.8 Å². The Morgan fingerprint density at radius 2 is 1.88 bits per heavy atom. The molecule has 3 rings (SSSR count). The van der Waals surface area contributed by atoms with E-state index in [-0.39, 0.29) is 22.1 Å². The molecule has 4 nitrogen and oxygen atoms in total. The summed E-state index contributed by atoms with van der Waals surface area (Å²) in [6.07, 6.45) is 2.43. The SMILES string of the molecule is Cc1cccc(Cl)c1S(=O)(=O)NC1CCCC1OCc1ccccc1. The second-order valence-corrected chi connectivity index (χ2v) is 8.44. The van der Waals surface area contributed by atoms with Crippen molar-refractivity contribution >= 4 is 21.6 Å². The van der Waals surface area contributed by atoms with Crippen LogP contribution in [-0.4, -0.2) is 20.6 Å². The van der Waals surface area contributed by atoms with Crippen LogP contribution < -0.4 is 4.72 Å². The van der Waals surface area contributed by atoms with Gasteiger partial charge in [0.2, 0.25) is 10.0 Å². The molecule has 6 heteroatoms. The molecule has 0 saturated heterocycles. The van der Waals surface area contributed by atoms with Gasteiger partial charge in [0.15, 0.2) is 0 Å². The Balaban J connectivity index is 1.70. The molecule has 1 fully saturated rings. The van der Waals surface area contributed by atoms with Crippen LogP contribution in [0.4, 0.5) is 0 Å². The van der Waals surface area contributed by atoms with E-state index >= 15 is 0 Å². The molecule has 0 radical (unpaired) electrons. The zero-order valence-electron chi connectivity index (χ0n) is 14.1. The molecule has 2 unspecified atom stereocenters. The normalized spacial score (nSPS) is 20.7. The number of benzene rings is 2. The molecule has 134 valence electrons. The van der Waals surface area contributed by atoms with Gasteiger partial charge >= 0.3 is 0 Å². The van der Waals surface area contributed by atoms with Crippen LogP contribution in [0.25, 0.3) is 0 Å². The number of rotatable bonds is 6. The zero-order valence-corrected chi connectivity index (χ0v) is 15.7. The van der Waals surface area contributed by atoms with Gasteiger partial charge < -0.3 is 4.74 Å². The lowest BCUT2D eigenvalue weighted by atomic mass is 10.2. The van der Waals surface area contributed by atoms with Gasteiger partial charge in [0.05, 0.1) is 17.7 Å². The van der Waals surface area contributed by atoms with Crippen molar-refractivity contribution in [2.45, 2.75) is 49.8 Å². The summed E-state index contributed by atoms with van der Waals surface area (Å²) in [5, 5.41) is 0.243. The first-order valence-electron chi connectivity index (χ1n) is 8.40. The highest BCUT2D eigenvalue weighted by Crippen LogP contribution is 2.28. The Bertz CT molecular complexity index is 804. The molecule has 0 bridgehead atoms. The molecule has 0 amide bonds. The van der Waals surface area contributed by atoms with Crippen LogP contribution in [0.2, 0.25) is 5.02 Å².